The molecule has 0 saturated heterocycles. The minimum Gasteiger partial charge on any atom is -0.463 e. The van der Waals surface area contributed by atoms with Crippen LogP contribution >= 0.6 is 0 Å². The molecule has 0 radical (unpaired) electrons. The average Bonchev–Trinajstić information content (AvgIpc) is 2.41. The zero-order chi connectivity index (χ0) is 14.3. The zero-order valence-corrected chi connectivity index (χ0v) is 11.7. The summed E-state index contributed by atoms with van der Waals surface area (Å²) in [5.74, 6) is -1.08. The fraction of sp³-hybridized carbons (Fsp3) is 0.600. The van der Waals surface area contributed by atoms with Gasteiger partial charge in [-0.1, -0.05) is 51.7 Å². The summed E-state index contributed by atoms with van der Waals surface area (Å²) in [6.07, 6.45) is 10.4. The topological polar surface area (TPSA) is 52.6 Å². The van der Waals surface area contributed by atoms with Crippen LogP contribution < -0.4 is 0 Å². The lowest BCUT2D eigenvalue weighted by atomic mass is 10.1. The van der Waals surface area contributed by atoms with Crippen LogP contribution in [0.15, 0.2) is 24.8 Å². The van der Waals surface area contributed by atoms with Crippen molar-refractivity contribution in [3.05, 3.63) is 24.8 Å². The SMILES string of the molecule is C=CCOC(=O)/C=C/C(=O)OCCCCCCCC. The van der Waals surface area contributed by atoms with Gasteiger partial charge in [-0.15, -0.1) is 0 Å². The van der Waals surface area contributed by atoms with Crippen LogP contribution in [0, 0.1) is 0 Å². The molecule has 0 aromatic carbocycles. The minimum absolute atomic E-state index is 0.135. The molecular weight excluding hydrogens is 244 g/mol. The summed E-state index contributed by atoms with van der Waals surface area (Å²) in [7, 11) is 0. The Bertz CT molecular complexity index is 295. The van der Waals surface area contributed by atoms with Crippen molar-refractivity contribution in [1.82, 2.24) is 0 Å². The van der Waals surface area contributed by atoms with Crippen molar-refractivity contribution in [3.63, 3.8) is 0 Å². The maximum Gasteiger partial charge on any atom is 0.331 e. The first-order valence-electron chi connectivity index (χ1n) is 6.83. The number of carbonyl (C=O) groups excluding carboxylic acids is 2. The molecule has 0 unspecified atom stereocenters. The highest BCUT2D eigenvalue weighted by molar-refractivity contribution is 5.91. The monoisotopic (exact) mass is 268 g/mol. The van der Waals surface area contributed by atoms with Gasteiger partial charge in [0.1, 0.15) is 6.61 Å². The second kappa shape index (κ2) is 12.9. The summed E-state index contributed by atoms with van der Waals surface area (Å²) in [4.78, 5) is 22.2. The molecule has 0 aliphatic carbocycles. The molecule has 0 atom stereocenters. The first-order valence-corrected chi connectivity index (χ1v) is 6.83. The van der Waals surface area contributed by atoms with Crippen molar-refractivity contribution in [3.8, 4) is 0 Å². The Kier molecular flexibility index (Phi) is 11.8. The molecule has 0 aromatic heterocycles. The predicted octanol–water partition coefficient (Wildman–Crippen LogP) is 3.18. The molecule has 0 aliphatic rings. The van der Waals surface area contributed by atoms with E-state index in [1.54, 1.807) is 0 Å². The Balaban J connectivity index is 3.50. The first kappa shape index (κ1) is 17.4. The molecule has 0 bridgehead atoms. The van der Waals surface area contributed by atoms with Gasteiger partial charge in [0.2, 0.25) is 0 Å². The van der Waals surface area contributed by atoms with Crippen molar-refractivity contribution in [2.24, 2.45) is 0 Å². The van der Waals surface area contributed by atoms with Crippen molar-refractivity contribution < 1.29 is 19.1 Å². The number of rotatable bonds is 11. The van der Waals surface area contributed by atoms with Crippen LogP contribution in [-0.2, 0) is 19.1 Å². The number of carbonyl (C=O) groups is 2. The van der Waals surface area contributed by atoms with Gasteiger partial charge in [-0.05, 0) is 6.42 Å². The molecule has 0 rings (SSSR count). The smallest absolute Gasteiger partial charge is 0.331 e. The molecule has 108 valence electrons. The summed E-state index contributed by atoms with van der Waals surface area (Å²) in [5, 5.41) is 0. The zero-order valence-electron chi connectivity index (χ0n) is 11.7. The molecule has 0 spiro atoms. The van der Waals surface area contributed by atoms with Crippen LogP contribution in [-0.4, -0.2) is 25.2 Å². The van der Waals surface area contributed by atoms with Crippen LogP contribution in [0.4, 0.5) is 0 Å². The van der Waals surface area contributed by atoms with Gasteiger partial charge in [0, 0.05) is 12.2 Å². The Morgan fingerprint density at radius 2 is 1.53 bits per heavy atom. The lowest BCUT2D eigenvalue weighted by Crippen LogP contribution is -2.05. The van der Waals surface area contributed by atoms with Crippen molar-refractivity contribution in [2.75, 3.05) is 13.2 Å². The quantitative estimate of drug-likeness (QED) is 0.250. The summed E-state index contributed by atoms with van der Waals surface area (Å²) < 4.78 is 9.62. The molecule has 4 heteroatoms. The van der Waals surface area contributed by atoms with E-state index in [1.807, 2.05) is 0 Å². The van der Waals surface area contributed by atoms with E-state index in [0.717, 1.165) is 25.0 Å². The van der Waals surface area contributed by atoms with Gasteiger partial charge in [-0.25, -0.2) is 9.59 Å². The Morgan fingerprint density at radius 1 is 0.947 bits per heavy atom. The summed E-state index contributed by atoms with van der Waals surface area (Å²) in [6.45, 7) is 6.12. The van der Waals surface area contributed by atoms with Gasteiger partial charge in [0.15, 0.2) is 0 Å². The number of hydrogen-bond acceptors (Lipinski definition) is 4. The highest BCUT2D eigenvalue weighted by Gasteiger charge is 2.00. The summed E-state index contributed by atoms with van der Waals surface area (Å²) in [5.41, 5.74) is 0. The number of ether oxygens (including phenoxy) is 2. The third-order valence-electron chi connectivity index (χ3n) is 2.44. The number of esters is 2. The standard InChI is InChI=1S/C15H24O4/c1-3-5-6-7-8-9-13-19-15(17)11-10-14(16)18-12-4-2/h4,10-11H,2-3,5-9,12-13H2,1H3/b11-10+. The third kappa shape index (κ3) is 12.7. The largest absolute Gasteiger partial charge is 0.463 e. The predicted molar refractivity (Wildman–Crippen MR) is 74.6 cm³/mol. The van der Waals surface area contributed by atoms with Gasteiger partial charge in [0.05, 0.1) is 6.61 Å². The van der Waals surface area contributed by atoms with E-state index in [-0.39, 0.29) is 6.61 Å². The molecule has 0 N–H and O–H groups in total. The van der Waals surface area contributed by atoms with E-state index in [9.17, 15) is 9.59 Å². The highest BCUT2D eigenvalue weighted by atomic mass is 16.5. The van der Waals surface area contributed by atoms with E-state index >= 15 is 0 Å². The van der Waals surface area contributed by atoms with Crippen molar-refractivity contribution in [2.45, 2.75) is 45.4 Å². The van der Waals surface area contributed by atoms with E-state index in [2.05, 4.69) is 18.2 Å². The number of unbranched alkanes of at least 4 members (excludes halogenated alkanes) is 5. The second-order valence-corrected chi connectivity index (χ2v) is 4.19. The van der Waals surface area contributed by atoms with Gasteiger partial charge >= 0.3 is 11.9 Å². The van der Waals surface area contributed by atoms with Gasteiger partial charge in [-0.3, -0.25) is 0 Å². The van der Waals surface area contributed by atoms with E-state index in [0.29, 0.717) is 6.61 Å². The van der Waals surface area contributed by atoms with E-state index < -0.39 is 11.9 Å². The van der Waals surface area contributed by atoms with Crippen LogP contribution in [0.1, 0.15) is 45.4 Å². The van der Waals surface area contributed by atoms with Gasteiger partial charge in [0.25, 0.3) is 0 Å². The van der Waals surface area contributed by atoms with E-state index in [4.69, 9.17) is 4.74 Å². The molecular formula is C15H24O4. The molecule has 0 aliphatic heterocycles. The molecule has 0 heterocycles. The minimum atomic E-state index is -0.573. The molecule has 0 aromatic rings. The van der Waals surface area contributed by atoms with Crippen LogP contribution in [0.25, 0.3) is 0 Å². The van der Waals surface area contributed by atoms with Crippen LogP contribution in [0.3, 0.4) is 0 Å². The summed E-state index contributed by atoms with van der Waals surface area (Å²) in [6, 6.07) is 0. The maximum atomic E-state index is 11.2. The Hall–Kier alpha value is -1.58. The fourth-order valence-electron chi connectivity index (χ4n) is 1.43. The van der Waals surface area contributed by atoms with Gasteiger partial charge < -0.3 is 9.47 Å². The van der Waals surface area contributed by atoms with Gasteiger partial charge in [-0.2, -0.15) is 0 Å². The second-order valence-electron chi connectivity index (χ2n) is 4.19. The fourth-order valence-corrected chi connectivity index (χ4v) is 1.43. The molecule has 0 amide bonds. The third-order valence-corrected chi connectivity index (χ3v) is 2.44. The Labute approximate surface area is 115 Å². The summed E-state index contributed by atoms with van der Waals surface area (Å²) >= 11 is 0. The van der Waals surface area contributed by atoms with Crippen LogP contribution in [0.5, 0.6) is 0 Å². The molecule has 0 fully saturated rings. The molecule has 19 heavy (non-hydrogen) atoms. The molecule has 4 nitrogen and oxygen atoms in total. The first-order chi connectivity index (χ1) is 9.20. The van der Waals surface area contributed by atoms with Crippen molar-refractivity contribution >= 4 is 11.9 Å². The lowest BCUT2D eigenvalue weighted by molar-refractivity contribution is -0.140. The Morgan fingerprint density at radius 3 is 2.16 bits per heavy atom. The lowest BCUT2D eigenvalue weighted by Gasteiger charge is -2.02. The highest BCUT2D eigenvalue weighted by Crippen LogP contribution is 2.04. The van der Waals surface area contributed by atoms with E-state index in [1.165, 1.54) is 31.8 Å². The molecule has 0 saturated carbocycles. The maximum absolute atomic E-state index is 11.2. The number of hydrogen-bond donors (Lipinski definition) is 0. The average molecular weight is 268 g/mol. The van der Waals surface area contributed by atoms with Crippen LogP contribution in [0.2, 0.25) is 0 Å². The van der Waals surface area contributed by atoms with Crippen molar-refractivity contribution in [1.29, 1.82) is 0 Å². The normalized spacial score (nSPS) is 10.4.